The van der Waals surface area contributed by atoms with E-state index in [1.807, 2.05) is 4.90 Å². The highest BCUT2D eigenvalue weighted by Gasteiger charge is 2.35. The molecule has 0 N–H and O–H groups in total. The van der Waals surface area contributed by atoms with Gasteiger partial charge in [0, 0.05) is 19.8 Å². The molecule has 3 heterocycles. The van der Waals surface area contributed by atoms with E-state index >= 15 is 0 Å². The van der Waals surface area contributed by atoms with Crippen LogP contribution in [0.2, 0.25) is 5.28 Å². The summed E-state index contributed by atoms with van der Waals surface area (Å²) in [5.74, 6) is 0.210. The summed E-state index contributed by atoms with van der Waals surface area (Å²) in [5, 5.41) is 0.0658. The van der Waals surface area contributed by atoms with Gasteiger partial charge in [0.05, 0.1) is 18.3 Å². The molecule has 0 amide bonds. The molecule has 11 heteroatoms. The maximum atomic E-state index is 14.7. The monoisotopic (exact) mass is 427 g/mol. The van der Waals surface area contributed by atoms with Crippen LogP contribution in [-0.4, -0.2) is 32.7 Å². The lowest BCUT2D eigenvalue weighted by Gasteiger charge is -2.29. The minimum atomic E-state index is -4.60. The average Bonchev–Trinajstić information content (AvgIpc) is 3.04. The Morgan fingerprint density at radius 3 is 2.72 bits per heavy atom. The van der Waals surface area contributed by atoms with E-state index in [4.69, 9.17) is 16.3 Å². The third-order valence-electron chi connectivity index (χ3n) is 4.44. The van der Waals surface area contributed by atoms with E-state index in [9.17, 15) is 17.6 Å². The van der Waals surface area contributed by atoms with E-state index in [1.165, 1.54) is 25.4 Å². The summed E-state index contributed by atoms with van der Waals surface area (Å²) in [6, 6.07) is 4.33. The van der Waals surface area contributed by atoms with E-state index < -0.39 is 17.7 Å². The van der Waals surface area contributed by atoms with Gasteiger partial charge >= 0.3 is 6.18 Å². The van der Waals surface area contributed by atoms with Gasteiger partial charge in [0.1, 0.15) is 18.2 Å². The summed E-state index contributed by atoms with van der Waals surface area (Å²) in [7, 11) is 1.39. The lowest BCUT2D eigenvalue weighted by atomic mass is 10.1. The second-order valence-electron chi connectivity index (χ2n) is 6.47. The summed E-state index contributed by atoms with van der Waals surface area (Å²) in [6.07, 6.45) is -2.30. The smallest absolute Gasteiger partial charge is 0.434 e. The van der Waals surface area contributed by atoms with E-state index in [0.29, 0.717) is 36.8 Å². The fraction of sp³-hybridized carbons (Fsp3) is 0.278. The largest absolute Gasteiger partial charge is 0.486 e. The molecule has 0 bridgehead atoms. The molecule has 1 aromatic carbocycles. The van der Waals surface area contributed by atoms with Crippen molar-refractivity contribution in [2.24, 2.45) is 7.05 Å². The zero-order valence-electron chi connectivity index (χ0n) is 15.0. The number of imidazole rings is 1. The second-order valence-corrected chi connectivity index (χ2v) is 6.81. The summed E-state index contributed by atoms with van der Waals surface area (Å²) >= 11 is 5.85. The number of ether oxygens (including phenoxy) is 1. The van der Waals surface area contributed by atoms with E-state index in [1.54, 1.807) is 6.07 Å². The standard InChI is InChI=1S/C18H14ClF4N5O/c1-27-9-14(18(21,22)23)25-15(27)11-3-2-10(6-12(11)20)8-28-4-5-29-13-7-24-17(19)26-16(13)28/h2-3,6-7,9H,4-5,8H2,1H3. The van der Waals surface area contributed by atoms with Crippen molar-refractivity contribution in [1.29, 1.82) is 0 Å². The normalized spacial score (nSPS) is 13.9. The van der Waals surface area contributed by atoms with Crippen molar-refractivity contribution < 1.29 is 22.3 Å². The van der Waals surface area contributed by atoms with Crippen LogP contribution in [0.3, 0.4) is 0 Å². The van der Waals surface area contributed by atoms with Crippen molar-refractivity contribution in [1.82, 2.24) is 19.5 Å². The highest BCUT2D eigenvalue weighted by atomic mass is 35.5. The second kappa shape index (κ2) is 7.18. The van der Waals surface area contributed by atoms with Crippen molar-refractivity contribution in [2.45, 2.75) is 12.7 Å². The Bertz CT molecular complexity index is 1070. The molecule has 0 atom stereocenters. The molecule has 0 saturated carbocycles. The average molecular weight is 428 g/mol. The Hall–Kier alpha value is -2.88. The van der Waals surface area contributed by atoms with E-state index in [2.05, 4.69) is 15.0 Å². The molecule has 0 fully saturated rings. The van der Waals surface area contributed by atoms with Gasteiger partial charge in [-0.05, 0) is 29.3 Å². The van der Waals surface area contributed by atoms with Gasteiger partial charge in [-0.3, -0.25) is 0 Å². The maximum absolute atomic E-state index is 14.7. The molecule has 3 aromatic rings. The topological polar surface area (TPSA) is 56.1 Å². The molecular weight excluding hydrogens is 414 g/mol. The lowest BCUT2D eigenvalue weighted by molar-refractivity contribution is -0.140. The Morgan fingerprint density at radius 1 is 1.24 bits per heavy atom. The third-order valence-corrected chi connectivity index (χ3v) is 4.62. The number of fused-ring (bicyclic) bond motifs is 1. The van der Waals surface area contributed by atoms with Crippen LogP contribution < -0.4 is 9.64 Å². The molecule has 4 rings (SSSR count). The fourth-order valence-electron chi connectivity index (χ4n) is 3.11. The first kappa shape index (κ1) is 19.4. The molecule has 0 spiro atoms. The summed E-state index contributed by atoms with van der Waals surface area (Å²) < 4.78 is 59.9. The van der Waals surface area contributed by atoms with E-state index in [-0.39, 0.29) is 16.7 Å². The number of anilines is 1. The van der Waals surface area contributed by atoms with Crippen LogP contribution in [0, 0.1) is 5.82 Å². The zero-order valence-corrected chi connectivity index (χ0v) is 15.8. The molecule has 29 heavy (non-hydrogen) atoms. The minimum absolute atomic E-state index is 0.0144. The van der Waals surface area contributed by atoms with Crippen molar-refractivity contribution >= 4 is 17.4 Å². The third kappa shape index (κ3) is 3.84. The Kier molecular flexibility index (Phi) is 4.81. The molecule has 2 aromatic heterocycles. The van der Waals surface area contributed by atoms with Crippen LogP contribution in [0.1, 0.15) is 11.3 Å². The number of rotatable bonds is 3. The van der Waals surface area contributed by atoms with Crippen molar-refractivity contribution in [3.63, 3.8) is 0 Å². The Balaban J connectivity index is 1.61. The predicted molar refractivity (Wildman–Crippen MR) is 97.2 cm³/mol. The number of alkyl halides is 3. The zero-order chi connectivity index (χ0) is 20.8. The Morgan fingerprint density at radius 2 is 2.03 bits per heavy atom. The first-order valence-electron chi connectivity index (χ1n) is 8.52. The molecule has 6 nitrogen and oxygen atoms in total. The van der Waals surface area contributed by atoms with Crippen molar-refractivity contribution in [3.05, 3.63) is 53.0 Å². The van der Waals surface area contributed by atoms with Crippen LogP contribution >= 0.6 is 11.6 Å². The van der Waals surface area contributed by atoms with Crippen LogP contribution in [0.25, 0.3) is 11.4 Å². The van der Waals surface area contributed by atoms with Crippen LogP contribution in [0.15, 0.2) is 30.6 Å². The Labute approximate surface area is 167 Å². The molecule has 0 radical (unpaired) electrons. The summed E-state index contributed by atoms with van der Waals surface area (Å²) in [4.78, 5) is 13.4. The first-order valence-corrected chi connectivity index (χ1v) is 8.90. The lowest BCUT2D eigenvalue weighted by Crippen LogP contribution is -2.33. The predicted octanol–water partition coefficient (Wildman–Crippen LogP) is 4.09. The van der Waals surface area contributed by atoms with Gasteiger partial charge < -0.3 is 14.2 Å². The van der Waals surface area contributed by atoms with Gasteiger partial charge in [-0.1, -0.05) is 6.07 Å². The maximum Gasteiger partial charge on any atom is 0.434 e. The van der Waals surface area contributed by atoms with Gasteiger partial charge in [-0.15, -0.1) is 0 Å². The van der Waals surface area contributed by atoms with Gasteiger partial charge in [0.2, 0.25) is 5.28 Å². The summed E-state index contributed by atoms with van der Waals surface area (Å²) in [5.41, 5.74) is -0.474. The molecule has 0 aliphatic carbocycles. The number of benzene rings is 1. The highest BCUT2D eigenvalue weighted by Crippen LogP contribution is 2.33. The van der Waals surface area contributed by atoms with Crippen molar-refractivity contribution in [3.8, 4) is 17.1 Å². The van der Waals surface area contributed by atoms with Crippen molar-refractivity contribution in [2.75, 3.05) is 18.1 Å². The van der Waals surface area contributed by atoms with Gasteiger partial charge in [-0.2, -0.15) is 18.2 Å². The number of hydrogen-bond acceptors (Lipinski definition) is 5. The molecule has 1 aliphatic heterocycles. The molecule has 0 unspecified atom stereocenters. The summed E-state index contributed by atoms with van der Waals surface area (Å²) in [6.45, 7) is 1.24. The number of nitrogens with zero attached hydrogens (tertiary/aromatic N) is 5. The van der Waals surface area contributed by atoms with Gasteiger partial charge in [0.25, 0.3) is 0 Å². The highest BCUT2D eigenvalue weighted by molar-refractivity contribution is 6.28. The van der Waals surface area contributed by atoms with Crippen LogP contribution in [0.4, 0.5) is 23.4 Å². The number of aromatic nitrogens is 4. The first-order chi connectivity index (χ1) is 13.7. The number of aryl methyl sites for hydroxylation is 1. The quantitative estimate of drug-likeness (QED) is 0.465. The minimum Gasteiger partial charge on any atom is -0.486 e. The molecule has 0 saturated heterocycles. The number of halogens is 5. The molecule has 1 aliphatic rings. The number of hydrogen-bond donors (Lipinski definition) is 0. The van der Waals surface area contributed by atoms with Gasteiger partial charge in [0.15, 0.2) is 17.3 Å². The molecule has 152 valence electrons. The molecular formula is C18H14ClF4N5O. The van der Waals surface area contributed by atoms with Crippen LogP contribution in [-0.2, 0) is 19.8 Å². The van der Waals surface area contributed by atoms with Gasteiger partial charge in [-0.25, -0.2) is 14.4 Å². The van der Waals surface area contributed by atoms with Crippen LogP contribution in [0.5, 0.6) is 5.75 Å². The fourth-order valence-corrected chi connectivity index (χ4v) is 3.24. The SMILES string of the molecule is Cn1cc(C(F)(F)F)nc1-c1ccc(CN2CCOc3cnc(Cl)nc32)cc1F. The van der Waals surface area contributed by atoms with E-state index in [0.717, 1.165) is 10.8 Å².